The number of nitrogens with zero attached hydrogens (tertiary/aromatic N) is 1. The van der Waals surface area contributed by atoms with Crippen molar-refractivity contribution in [2.24, 2.45) is 5.41 Å². The van der Waals surface area contributed by atoms with Crippen LogP contribution in [-0.2, 0) is 9.59 Å². The van der Waals surface area contributed by atoms with Crippen molar-refractivity contribution in [3.63, 3.8) is 0 Å². The molecule has 5 heteroatoms. The predicted molar refractivity (Wildman–Crippen MR) is 82.0 cm³/mol. The first-order valence-corrected chi connectivity index (χ1v) is 7.32. The molecule has 0 saturated heterocycles. The zero-order chi connectivity index (χ0) is 15.5. The van der Waals surface area contributed by atoms with Crippen LogP contribution in [0, 0.1) is 5.41 Å². The van der Waals surface area contributed by atoms with Crippen LogP contribution in [0.1, 0.15) is 39.0 Å². The van der Waals surface area contributed by atoms with Gasteiger partial charge in [-0.25, -0.2) is 0 Å². The lowest BCUT2D eigenvalue weighted by Gasteiger charge is -2.37. The maximum atomic E-state index is 12.9. The van der Waals surface area contributed by atoms with Crippen LogP contribution in [0.3, 0.4) is 0 Å². The van der Waals surface area contributed by atoms with E-state index in [1.807, 2.05) is 6.92 Å². The number of amides is 1. The van der Waals surface area contributed by atoms with Gasteiger partial charge in [0.25, 0.3) is 0 Å². The van der Waals surface area contributed by atoms with E-state index in [1.165, 1.54) is 4.90 Å². The maximum absolute atomic E-state index is 12.9. The summed E-state index contributed by atoms with van der Waals surface area (Å²) < 4.78 is 0. The number of carbonyl (C=O) groups excluding carboxylic acids is 1. The Morgan fingerprint density at radius 2 is 1.86 bits per heavy atom. The van der Waals surface area contributed by atoms with Gasteiger partial charge in [-0.2, -0.15) is 0 Å². The van der Waals surface area contributed by atoms with Gasteiger partial charge in [0.05, 0.1) is 11.4 Å². The quantitative estimate of drug-likeness (QED) is 0.835. The average Bonchev–Trinajstić information content (AvgIpc) is 2.45. The number of benzene rings is 1. The molecule has 0 unspecified atom stereocenters. The normalized spacial score (nSPS) is 17.2. The van der Waals surface area contributed by atoms with E-state index in [0.717, 1.165) is 32.1 Å². The third-order valence-electron chi connectivity index (χ3n) is 4.24. The minimum atomic E-state index is -1.04. The smallest absolute Gasteiger partial charge is 0.323 e. The van der Waals surface area contributed by atoms with Gasteiger partial charge < -0.3 is 10.8 Å². The number of anilines is 2. The zero-order valence-corrected chi connectivity index (χ0v) is 12.3. The Morgan fingerprint density at radius 3 is 2.43 bits per heavy atom. The van der Waals surface area contributed by atoms with Crippen molar-refractivity contribution in [1.82, 2.24) is 0 Å². The second-order valence-electron chi connectivity index (χ2n) is 5.97. The molecule has 1 aromatic carbocycles. The second kappa shape index (κ2) is 6.16. The van der Waals surface area contributed by atoms with Crippen molar-refractivity contribution in [2.45, 2.75) is 39.0 Å². The summed E-state index contributed by atoms with van der Waals surface area (Å²) in [5.74, 6) is -1.17. The van der Waals surface area contributed by atoms with Crippen molar-refractivity contribution in [1.29, 1.82) is 0 Å². The lowest BCUT2D eigenvalue weighted by atomic mass is 9.74. The van der Waals surface area contributed by atoms with Gasteiger partial charge >= 0.3 is 5.97 Å². The number of aliphatic carboxylic acids is 1. The van der Waals surface area contributed by atoms with E-state index in [-0.39, 0.29) is 12.5 Å². The molecule has 1 aliphatic carbocycles. The van der Waals surface area contributed by atoms with Crippen molar-refractivity contribution in [3.05, 3.63) is 24.3 Å². The summed E-state index contributed by atoms with van der Waals surface area (Å²) in [6.45, 7) is 1.57. The highest BCUT2D eigenvalue weighted by Gasteiger charge is 2.39. The van der Waals surface area contributed by atoms with Crippen LogP contribution in [0.15, 0.2) is 24.3 Å². The number of nitrogen functional groups attached to an aromatic ring is 1. The molecule has 5 nitrogen and oxygen atoms in total. The lowest BCUT2D eigenvalue weighted by molar-refractivity contribution is -0.138. The molecule has 1 aliphatic rings. The molecule has 0 radical (unpaired) electrons. The monoisotopic (exact) mass is 290 g/mol. The highest BCUT2D eigenvalue weighted by Crippen LogP contribution is 2.39. The van der Waals surface area contributed by atoms with E-state index in [9.17, 15) is 9.59 Å². The van der Waals surface area contributed by atoms with Gasteiger partial charge in [-0.05, 0) is 25.0 Å². The Labute approximate surface area is 124 Å². The Bertz CT molecular complexity index is 536. The molecular formula is C16H22N2O3. The molecule has 1 aromatic rings. The van der Waals surface area contributed by atoms with Gasteiger partial charge in [-0.3, -0.25) is 14.5 Å². The van der Waals surface area contributed by atoms with Gasteiger partial charge in [0, 0.05) is 5.41 Å². The number of para-hydroxylation sites is 2. The summed E-state index contributed by atoms with van der Waals surface area (Å²) in [5, 5.41) is 9.13. The van der Waals surface area contributed by atoms with Crippen LogP contribution in [0.5, 0.6) is 0 Å². The van der Waals surface area contributed by atoms with Gasteiger partial charge in [0.15, 0.2) is 0 Å². The third kappa shape index (κ3) is 3.35. The summed E-state index contributed by atoms with van der Waals surface area (Å²) in [6, 6.07) is 6.91. The van der Waals surface area contributed by atoms with Gasteiger partial charge in [0.2, 0.25) is 5.91 Å². The van der Waals surface area contributed by atoms with Gasteiger partial charge in [-0.15, -0.1) is 0 Å². The molecule has 3 N–H and O–H groups in total. The first-order valence-electron chi connectivity index (χ1n) is 7.32. The van der Waals surface area contributed by atoms with Crippen LogP contribution in [-0.4, -0.2) is 23.5 Å². The topological polar surface area (TPSA) is 83.6 Å². The molecule has 0 bridgehead atoms. The first kappa shape index (κ1) is 15.4. The summed E-state index contributed by atoms with van der Waals surface area (Å²) in [5.41, 5.74) is 6.34. The molecule has 1 saturated carbocycles. The predicted octanol–water partition coefficient (Wildman–Crippen LogP) is 2.66. The fourth-order valence-corrected chi connectivity index (χ4v) is 3.01. The summed E-state index contributed by atoms with van der Waals surface area (Å²) in [7, 11) is 0. The first-order chi connectivity index (χ1) is 9.94. The standard InChI is InChI=1S/C16H22N2O3/c1-16(9-5-2-6-10-16)15(21)18(11-14(19)20)13-8-4-3-7-12(13)17/h3-4,7-8H,2,5-6,9-11,17H2,1H3,(H,19,20). The van der Waals surface area contributed by atoms with Crippen molar-refractivity contribution < 1.29 is 14.7 Å². The molecule has 0 spiro atoms. The van der Waals surface area contributed by atoms with Crippen LogP contribution in [0.4, 0.5) is 11.4 Å². The number of carbonyl (C=O) groups is 2. The SMILES string of the molecule is CC1(C(=O)N(CC(=O)O)c2ccccc2N)CCCCC1. The van der Waals surface area contributed by atoms with Crippen molar-refractivity contribution in [3.8, 4) is 0 Å². The Kier molecular flexibility index (Phi) is 4.50. The van der Waals surface area contributed by atoms with Crippen LogP contribution in [0.2, 0.25) is 0 Å². The van der Waals surface area contributed by atoms with Crippen molar-refractivity contribution in [2.75, 3.05) is 17.2 Å². The highest BCUT2D eigenvalue weighted by atomic mass is 16.4. The molecule has 0 aliphatic heterocycles. The molecule has 1 fully saturated rings. The minimum Gasteiger partial charge on any atom is -0.480 e. The van der Waals surface area contributed by atoms with Crippen molar-refractivity contribution >= 4 is 23.3 Å². The summed E-state index contributed by atoms with van der Waals surface area (Å²) in [6.07, 6.45) is 4.75. The van der Waals surface area contributed by atoms with Gasteiger partial charge in [-0.1, -0.05) is 38.3 Å². The number of hydrogen-bond donors (Lipinski definition) is 2. The second-order valence-corrected chi connectivity index (χ2v) is 5.97. The minimum absolute atomic E-state index is 0.137. The average molecular weight is 290 g/mol. The lowest BCUT2D eigenvalue weighted by Crippen LogP contribution is -2.46. The molecule has 2 rings (SSSR count). The van der Waals surface area contributed by atoms with E-state index in [4.69, 9.17) is 10.8 Å². The maximum Gasteiger partial charge on any atom is 0.323 e. The Morgan fingerprint density at radius 1 is 1.24 bits per heavy atom. The molecule has 0 heterocycles. The molecule has 114 valence electrons. The zero-order valence-electron chi connectivity index (χ0n) is 12.3. The third-order valence-corrected chi connectivity index (χ3v) is 4.24. The van der Waals surface area contributed by atoms with Crippen LogP contribution < -0.4 is 10.6 Å². The molecule has 0 atom stereocenters. The van der Waals surface area contributed by atoms with E-state index in [2.05, 4.69) is 0 Å². The fourth-order valence-electron chi connectivity index (χ4n) is 3.01. The Balaban J connectivity index is 2.34. The molecular weight excluding hydrogens is 268 g/mol. The van der Waals surface area contributed by atoms with E-state index < -0.39 is 11.4 Å². The van der Waals surface area contributed by atoms with Crippen LogP contribution >= 0.6 is 0 Å². The largest absolute Gasteiger partial charge is 0.480 e. The molecule has 1 amide bonds. The van der Waals surface area contributed by atoms with E-state index in [1.54, 1.807) is 24.3 Å². The number of hydrogen-bond acceptors (Lipinski definition) is 3. The van der Waals surface area contributed by atoms with E-state index in [0.29, 0.717) is 11.4 Å². The number of rotatable bonds is 4. The molecule has 0 aromatic heterocycles. The number of carboxylic acid groups (broad SMARTS) is 1. The number of nitrogens with two attached hydrogens (primary N) is 1. The van der Waals surface area contributed by atoms with E-state index >= 15 is 0 Å². The Hall–Kier alpha value is -2.04. The fraction of sp³-hybridized carbons (Fsp3) is 0.500. The van der Waals surface area contributed by atoms with Gasteiger partial charge in [0.1, 0.15) is 6.54 Å². The van der Waals surface area contributed by atoms with Crippen LogP contribution in [0.25, 0.3) is 0 Å². The summed E-state index contributed by atoms with van der Waals surface area (Å²) in [4.78, 5) is 25.4. The molecule has 21 heavy (non-hydrogen) atoms. The highest BCUT2D eigenvalue weighted by molar-refractivity contribution is 6.02. The number of carboxylic acids is 1. The summed E-state index contributed by atoms with van der Waals surface area (Å²) >= 11 is 0.